The van der Waals surface area contributed by atoms with Gasteiger partial charge in [0.2, 0.25) is 0 Å². The zero-order valence-electron chi connectivity index (χ0n) is 10.9. The van der Waals surface area contributed by atoms with E-state index in [0.717, 1.165) is 24.6 Å². The van der Waals surface area contributed by atoms with Crippen LogP contribution >= 0.6 is 0 Å². The molecule has 7 heteroatoms. The van der Waals surface area contributed by atoms with Crippen LogP contribution in [0.3, 0.4) is 0 Å². The summed E-state index contributed by atoms with van der Waals surface area (Å²) in [4.78, 5) is 4.10. The van der Waals surface area contributed by atoms with Crippen molar-refractivity contribution >= 4 is 0 Å². The molecule has 0 aliphatic heterocycles. The van der Waals surface area contributed by atoms with Crippen LogP contribution in [0.5, 0.6) is 0 Å². The van der Waals surface area contributed by atoms with Crippen molar-refractivity contribution < 1.29 is 22.7 Å². The third-order valence-corrected chi connectivity index (χ3v) is 3.52. The molecule has 0 unspecified atom stereocenters. The van der Waals surface area contributed by atoms with Crippen molar-refractivity contribution in [3.05, 3.63) is 47.3 Å². The summed E-state index contributed by atoms with van der Waals surface area (Å²) in [5.41, 5.74) is -0.762. The number of benzene rings is 1. The van der Waals surface area contributed by atoms with Gasteiger partial charge in [-0.05, 0) is 25.0 Å². The molecule has 3 rings (SSSR count). The summed E-state index contributed by atoms with van der Waals surface area (Å²) < 4.78 is 54.0. The first-order chi connectivity index (χ1) is 9.90. The highest BCUT2D eigenvalue weighted by Gasteiger charge is 2.35. The lowest BCUT2D eigenvalue weighted by molar-refractivity contribution is -0.137. The molecule has 2 aromatic rings. The maximum Gasteiger partial charge on any atom is 0.418 e. The SMILES string of the molecule is OCc1cc(-n2cnc(C3CC3)c2)c(C(F)(F)F)cc1F. The van der Waals surface area contributed by atoms with Gasteiger partial charge < -0.3 is 9.67 Å². The third kappa shape index (κ3) is 2.65. The van der Waals surface area contributed by atoms with E-state index in [1.807, 2.05) is 0 Å². The molecule has 1 saturated carbocycles. The second kappa shape index (κ2) is 4.84. The van der Waals surface area contributed by atoms with Gasteiger partial charge in [-0.3, -0.25) is 0 Å². The van der Waals surface area contributed by atoms with Gasteiger partial charge in [0, 0.05) is 17.7 Å². The predicted molar refractivity (Wildman–Crippen MR) is 66.4 cm³/mol. The lowest BCUT2D eigenvalue weighted by atomic mass is 10.1. The van der Waals surface area contributed by atoms with Crippen LogP contribution in [0.25, 0.3) is 5.69 Å². The van der Waals surface area contributed by atoms with Crippen molar-refractivity contribution in [3.8, 4) is 5.69 Å². The first-order valence-electron chi connectivity index (χ1n) is 6.45. The number of nitrogens with zero attached hydrogens (tertiary/aromatic N) is 2. The van der Waals surface area contributed by atoms with E-state index >= 15 is 0 Å². The molecule has 112 valence electrons. The molecule has 21 heavy (non-hydrogen) atoms. The number of hydrogen-bond acceptors (Lipinski definition) is 2. The Morgan fingerprint density at radius 1 is 1.29 bits per heavy atom. The Balaban J connectivity index is 2.13. The molecule has 0 radical (unpaired) electrons. The van der Waals surface area contributed by atoms with E-state index in [-0.39, 0.29) is 11.3 Å². The van der Waals surface area contributed by atoms with E-state index in [9.17, 15) is 17.6 Å². The highest BCUT2D eigenvalue weighted by atomic mass is 19.4. The van der Waals surface area contributed by atoms with Crippen LogP contribution < -0.4 is 0 Å². The Morgan fingerprint density at radius 2 is 2.00 bits per heavy atom. The molecule has 1 aromatic heterocycles. The Bertz CT molecular complexity index is 674. The van der Waals surface area contributed by atoms with E-state index in [1.165, 1.54) is 17.1 Å². The Kier molecular flexibility index (Phi) is 3.24. The van der Waals surface area contributed by atoms with Gasteiger partial charge in [-0.15, -0.1) is 0 Å². The van der Waals surface area contributed by atoms with Crippen LogP contribution in [0, 0.1) is 5.82 Å². The topological polar surface area (TPSA) is 38.0 Å². The highest BCUT2D eigenvalue weighted by molar-refractivity contribution is 5.46. The van der Waals surface area contributed by atoms with Crippen molar-refractivity contribution in [3.63, 3.8) is 0 Å². The summed E-state index contributed by atoms with van der Waals surface area (Å²) in [6.45, 7) is -0.666. The minimum Gasteiger partial charge on any atom is -0.392 e. The second-order valence-corrected chi connectivity index (χ2v) is 5.10. The Labute approximate surface area is 117 Å². The fourth-order valence-corrected chi connectivity index (χ4v) is 2.23. The highest BCUT2D eigenvalue weighted by Crippen LogP contribution is 2.40. The van der Waals surface area contributed by atoms with E-state index in [2.05, 4.69) is 4.98 Å². The molecule has 1 fully saturated rings. The Hall–Kier alpha value is -1.89. The van der Waals surface area contributed by atoms with Crippen LogP contribution in [0.15, 0.2) is 24.7 Å². The van der Waals surface area contributed by atoms with E-state index in [4.69, 9.17) is 5.11 Å². The predicted octanol–water partition coefficient (Wildman–Crippen LogP) is 3.40. The van der Waals surface area contributed by atoms with Gasteiger partial charge in [0.25, 0.3) is 0 Å². The minimum atomic E-state index is -4.69. The fourth-order valence-electron chi connectivity index (χ4n) is 2.23. The Morgan fingerprint density at radius 3 is 2.57 bits per heavy atom. The monoisotopic (exact) mass is 300 g/mol. The molecule has 0 atom stereocenters. The van der Waals surface area contributed by atoms with Crippen LogP contribution in [0.4, 0.5) is 17.6 Å². The van der Waals surface area contributed by atoms with Crippen molar-refractivity contribution in [2.45, 2.75) is 31.5 Å². The summed E-state index contributed by atoms with van der Waals surface area (Å²) in [6.07, 6.45) is 0.0929. The smallest absolute Gasteiger partial charge is 0.392 e. The molecular formula is C14H12F4N2O. The lowest BCUT2D eigenvalue weighted by Crippen LogP contribution is -2.12. The number of aliphatic hydroxyl groups is 1. The molecule has 1 heterocycles. The van der Waals surface area contributed by atoms with E-state index in [0.29, 0.717) is 12.0 Å². The van der Waals surface area contributed by atoms with Crippen molar-refractivity contribution in [2.24, 2.45) is 0 Å². The van der Waals surface area contributed by atoms with E-state index in [1.54, 1.807) is 0 Å². The van der Waals surface area contributed by atoms with Crippen molar-refractivity contribution in [1.82, 2.24) is 9.55 Å². The summed E-state index contributed by atoms with van der Waals surface area (Å²) in [6, 6.07) is 1.42. The number of halogens is 4. The van der Waals surface area contributed by atoms with Crippen molar-refractivity contribution in [1.29, 1.82) is 0 Å². The van der Waals surface area contributed by atoms with E-state index < -0.39 is 24.2 Å². The van der Waals surface area contributed by atoms with Gasteiger partial charge in [0.05, 0.1) is 29.9 Å². The third-order valence-electron chi connectivity index (χ3n) is 3.52. The van der Waals surface area contributed by atoms with Gasteiger partial charge in [0.1, 0.15) is 5.82 Å². The van der Waals surface area contributed by atoms with Gasteiger partial charge >= 0.3 is 6.18 Å². The molecule has 1 aliphatic rings. The lowest BCUT2D eigenvalue weighted by Gasteiger charge is -2.15. The van der Waals surface area contributed by atoms with Gasteiger partial charge in [0.15, 0.2) is 0 Å². The quantitative estimate of drug-likeness (QED) is 0.882. The normalized spacial score (nSPS) is 15.5. The summed E-state index contributed by atoms with van der Waals surface area (Å²) in [5.74, 6) is -0.769. The summed E-state index contributed by atoms with van der Waals surface area (Å²) in [7, 11) is 0. The molecule has 0 amide bonds. The number of alkyl halides is 3. The fraction of sp³-hybridized carbons (Fsp3) is 0.357. The average molecular weight is 300 g/mol. The summed E-state index contributed by atoms with van der Waals surface area (Å²) in [5, 5.41) is 9.04. The molecule has 0 spiro atoms. The van der Waals surface area contributed by atoms with Gasteiger partial charge in [-0.25, -0.2) is 9.37 Å². The number of aliphatic hydroxyl groups excluding tert-OH is 1. The molecule has 0 saturated heterocycles. The molecule has 3 nitrogen and oxygen atoms in total. The maximum atomic E-state index is 13.5. The molecule has 1 N–H and O–H groups in total. The zero-order valence-corrected chi connectivity index (χ0v) is 10.9. The summed E-state index contributed by atoms with van der Waals surface area (Å²) >= 11 is 0. The standard InChI is InChI=1S/C14H12F4N2O/c15-11-4-10(14(16,17)18)13(3-9(11)6-21)20-5-12(19-7-20)8-1-2-8/h3-5,7-8,21H,1-2,6H2. The number of aromatic nitrogens is 2. The number of imidazole rings is 1. The molecule has 1 aliphatic carbocycles. The molecule has 1 aromatic carbocycles. The number of rotatable bonds is 3. The van der Waals surface area contributed by atoms with Crippen molar-refractivity contribution in [2.75, 3.05) is 0 Å². The number of hydrogen-bond donors (Lipinski definition) is 1. The first kappa shape index (κ1) is 14.1. The zero-order chi connectivity index (χ0) is 15.2. The maximum absolute atomic E-state index is 13.5. The second-order valence-electron chi connectivity index (χ2n) is 5.10. The first-order valence-corrected chi connectivity index (χ1v) is 6.45. The largest absolute Gasteiger partial charge is 0.418 e. The molecular weight excluding hydrogens is 288 g/mol. The van der Waals surface area contributed by atoms with Gasteiger partial charge in [-0.2, -0.15) is 13.2 Å². The van der Waals surface area contributed by atoms with Crippen LogP contribution in [-0.4, -0.2) is 14.7 Å². The van der Waals surface area contributed by atoms with Crippen LogP contribution in [0.1, 0.15) is 35.6 Å². The molecule has 0 bridgehead atoms. The van der Waals surface area contributed by atoms with Gasteiger partial charge in [-0.1, -0.05) is 0 Å². The average Bonchev–Trinajstić information content (AvgIpc) is 3.16. The van der Waals surface area contributed by atoms with Crippen LogP contribution in [0.2, 0.25) is 0 Å². The van der Waals surface area contributed by atoms with Crippen LogP contribution in [-0.2, 0) is 12.8 Å². The minimum absolute atomic E-state index is 0.181.